The standard InChI is InChI=1S/C20H20N2O4S2/c1-14-8-10-15(11-9-14)28(24,25)22-12-4-6-17(22)20(23)26-13-19-21-16-5-2-3-7-18(16)27-19/h2-3,5,7-11,17H,4,6,12-13H2,1H3/t17-/m0/s1. The molecule has 2 aromatic carbocycles. The van der Waals surface area contributed by atoms with Crippen LogP contribution in [0.5, 0.6) is 0 Å². The second-order valence-corrected chi connectivity index (χ2v) is 9.78. The molecule has 2 heterocycles. The number of sulfonamides is 1. The van der Waals surface area contributed by atoms with E-state index in [1.54, 1.807) is 24.3 Å². The molecule has 0 unspecified atom stereocenters. The number of nitrogens with zero attached hydrogens (tertiary/aromatic N) is 2. The Labute approximate surface area is 167 Å². The number of carbonyl (C=O) groups excluding carboxylic acids is 1. The maximum atomic E-state index is 13.0. The number of carbonyl (C=O) groups is 1. The molecule has 1 fully saturated rings. The molecule has 6 nitrogen and oxygen atoms in total. The van der Waals surface area contributed by atoms with Crippen LogP contribution in [0.25, 0.3) is 10.2 Å². The lowest BCUT2D eigenvalue weighted by Crippen LogP contribution is -2.41. The highest BCUT2D eigenvalue weighted by Crippen LogP contribution is 2.28. The van der Waals surface area contributed by atoms with Gasteiger partial charge in [0.05, 0.1) is 15.1 Å². The first kappa shape index (κ1) is 19.0. The Kier molecular flexibility index (Phi) is 5.18. The van der Waals surface area contributed by atoms with Crippen molar-refractivity contribution in [3.8, 4) is 0 Å². The van der Waals surface area contributed by atoms with Gasteiger partial charge in [-0.1, -0.05) is 29.8 Å². The Morgan fingerprint density at radius 2 is 1.96 bits per heavy atom. The molecule has 1 aliphatic rings. The number of aryl methyl sites for hydroxylation is 1. The van der Waals surface area contributed by atoms with Gasteiger partial charge in [-0.3, -0.25) is 4.79 Å². The van der Waals surface area contributed by atoms with Gasteiger partial charge in [-0.15, -0.1) is 11.3 Å². The van der Waals surface area contributed by atoms with Gasteiger partial charge in [0.25, 0.3) is 0 Å². The van der Waals surface area contributed by atoms with E-state index in [-0.39, 0.29) is 11.5 Å². The lowest BCUT2D eigenvalue weighted by Gasteiger charge is -2.22. The second-order valence-electron chi connectivity index (χ2n) is 6.77. The van der Waals surface area contributed by atoms with Gasteiger partial charge in [0, 0.05) is 6.54 Å². The fourth-order valence-electron chi connectivity index (χ4n) is 3.32. The summed E-state index contributed by atoms with van der Waals surface area (Å²) < 4.78 is 33.6. The average Bonchev–Trinajstić information content (AvgIpc) is 3.33. The summed E-state index contributed by atoms with van der Waals surface area (Å²) in [5.74, 6) is -0.521. The lowest BCUT2D eigenvalue weighted by atomic mass is 10.2. The Hall–Kier alpha value is -2.29. The summed E-state index contributed by atoms with van der Waals surface area (Å²) in [6, 6.07) is 13.6. The van der Waals surface area contributed by atoms with Crippen LogP contribution in [0.4, 0.5) is 0 Å². The topological polar surface area (TPSA) is 76.6 Å². The van der Waals surface area contributed by atoms with Gasteiger partial charge in [0.15, 0.2) is 0 Å². The van der Waals surface area contributed by atoms with Gasteiger partial charge >= 0.3 is 5.97 Å². The SMILES string of the molecule is Cc1ccc(S(=O)(=O)N2CCC[C@H]2C(=O)OCc2nc3ccccc3s2)cc1. The number of para-hydroxylation sites is 1. The molecule has 3 aromatic rings. The van der Waals surface area contributed by atoms with Gasteiger partial charge < -0.3 is 4.74 Å². The number of hydrogen-bond donors (Lipinski definition) is 0. The molecule has 0 N–H and O–H groups in total. The van der Waals surface area contributed by atoms with E-state index in [4.69, 9.17) is 4.74 Å². The third-order valence-corrected chi connectivity index (χ3v) is 7.71. The van der Waals surface area contributed by atoms with Crippen molar-refractivity contribution in [1.29, 1.82) is 0 Å². The Morgan fingerprint density at radius 1 is 1.21 bits per heavy atom. The number of esters is 1. The first-order valence-electron chi connectivity index (χ1n) is 9.05. The fourth-order valence-corrected chi connectivity index (χ4v) is 5.85. The summed E-state index contributed by atoms with van der Waals surface area (Å²) >= 11 is 1.47. The summed E-state index contributed by atoms with van der Waals surface area (Å²) in [5.41, 5.74) is 1.84. The largest absolute Gasteiger partial charge is 0.457 e. The van der Waals surface area contributed by atoms with Crippen LogP contribution < -0.4 is 0 Å². The van der Waals surface area contributed by atoms with Crippen LogP contribution in [0.1, 0.15) is 23.4 Å². The first-order valence-corrected chi connectivity index (χ1v) is 11.3. The van der Waals surface area contributed by atoms with Crippen molar-refractivity contribution in [3.05, 3.63) is 59.1 Å². The molecule has 1 aliphatic heterocycles. The fraction of sp³-hybridized carbons (Fsp3) is 0.300. The third kappa shape index (κ3) is 3.67. The molecular weight excluding hydrogens is 396 g/mol. The molecule has 1 saturated heterocycles. The predicted molar refractivity (Wildman–Crippen MR) is 108 cm³/mol. The first-order chi connectivity index (χ1) is 13.4. The van der Waals surface area contributed by atoms with Gasteiger partial charge in [-0.05, 0) is 44.0 Å². The van der Waals surface area contributed by atoms with Crippen molar-refractivity contribution in [2.45, 2.75) is 37.3 Å². The maximum absolute atomic E-state index is 13.0. The average molecular weight is 417 g/mol. The van der Waals surface area contributed by atoms with E-state index < -0.39 is 22.0 Å². The molecule has 4 rings (SSSR count). The zero-order valence-electron chi connectivity index (χ0n) is 15.4. The van der Waals surface area contributed by atoms with Crippen molar-refractivity contribution in [1.82, 2.24) is 9.29 Å². The van der Waals surface area contributed by atoms with Crippen molar-refractivity contribution >= 4 is 37.5 Å². The van der Waals surface area contributed by atoms with E-state index in [1.807, 2.05) is 31.2 Å². The van der Waals surface area contributed by atoms with E-state index in [1.165, 1.54) is 15.6 Å². The molecule has 28 heavy (non-hydrogen) atoms. The van der Waals surface area contributed by atoms with Crippen LogP contribution >= 0.6 is 11.3 Å². The van der Waals surface area contributed by atoms with Crippen molar-refractivity contribution in [3.63, 3.8) is 0 Å². The molecule has 146 valence electrons. The summed E-state index contributed by atoms with van der Waals surface area (Å²) in [4.78, 5) is 17.3. The van der Waals surface area contributed by atoms with Crippen LogP contribution in [-0.2, 0) is 26.2 Å². The van der Waals surface area contributed by atoms with Crippen LogP contribution in [-0.4, -0.2) is 36.3 Å². The molecule has 0 aliphatic carbocycles. The normalized spacial score (nSPS) is 17.8. The monoisotopic (exact) mass is 416 g/mol. The smallest absolute Gasteiger partial charge is 0.324 e. The summed E-state index contributed by atoms with van der Waals surface area (Å²) in [6.07, 6.45) is 1.09. The van der Waals surface area contributed by atoms with Crippen molar-refractivity contribution in [2.24, 2.45) is 0 Å². The van der Waals surface area contributed by atoms with Crippen molar-refractivity contribution in [2.75, 3.05) is 6.54 Å². The second kappa shape index (κ2) is 7.62. The van der Waals surface area contributed by atoms with Gasteiger partial charge in [-0.2, -0.15) is 4.31 Å². The van der Waals surface area contributed by atoms with Crippen molar-refractivity contribution < 1.29 is 17.9 Å². The van der Waals surface area contributed by atoms with Crippen LogP contribution in [0.2, 0.25) is 0 Å². The Balaban J connectivity index is 1.47. The number of fused-ring (bicyclic) bond motifs is 1. The van der Waals surface area contributed by atoms with E-state index in [9.17, 15) is 13.2 Å². The molecule has 1 atom stereocenters. The molecule has 0 spiro atoms. The quantitative estimate of drug-likeness (QED) is 0.595. The van der Waals surface area contributed by atoms with Gasteiger partial charge in [-0.25, -0.2) is 13.4 Å². The minimum atomic E-state index is -3.73. The number of hydrogen-bond acceptors (Lipinski definition) is 6. The highest BCUT2D eigenvalue weighted by Gasteiger charge is 2.40. The van der Waals surface area contributed by atoms with Gasteiger partial charge in [0.1, 0.15) is 17.7 Å². The summed E-state index contributed by atoms with van der Waals surface area (Å²) in [5, 5.41) is 0.695. The van der Waals surface area contributed by atoms with E-state index >= 15 is 0 Å². The van der Waals surface area contributed by atoms with Crippen LogP contribution in [0.15, 0.2) is 53.4 Å². The predicted octanol–water partition coefficient (Wildman–Crippen LogP) is 3.50. The number of benzene rings is 2. The van der Waals surface area contributed by atoms with E-state index in [2.05, 4.69) is 4.98 Å². The number of ether oxygens (including phenoxy) is 1. The maximum Gasteiger partial charge on any atom is 0.324 e. The highest BCUT2D eigenvalue weighted by atomic mass is 32.2. The van der Waals surface area contributed by atoms with E-state index in [0.29, 0.717) is 24.4 Å². The zero-order chi connectivity index (χ0) is 19.7. The molecule has 1 aromatic heterocycles. The number of rotatable bonds is 5. The Bertz CT molecular complexity index is 1070. The minimum Gasteiger partial charge on any atom is -0.457 e. The third-order valence-electron chi connectivity index (χ3n) is 4.78. The number of thiazole rings is 1. The zero-order valence-corrected chi connectivity index (χ0v) is 17.0. The Morgan fingerprint density at radius 3 is 2.71 bits per heavy atom. The summed E-state index contributed by atoms with van der Waals surface area (Å²) in [6.45, 7) is 2.26. The van der Waals surface area contributed by atoms with Gasteiger partial charge in [0.2, 0.25) is 10.0 Å². The molecule has 0 amide bonds. The van der Waals surface area contributed by atoms with Crippen LogP contribution in [0.3, 0.4) is 0 Å². The molecular formula is C20H20N2O4S2. The lowest BCUT2D eigenvalue weighted by molar-refractivity contribution is -0.148. The highest BCUT2D eigenvalue weighted by molar-refractivity contribution is 7.89. The van der Waals surface area contributed by atoms with Crippen LogP contribution in [0, 0.1) is 6.92 Å². The molecule has 0 radical (unpaired) electrons. The van der Waals surface area contributed by atoms with E-state index in [0.717, 1.165) is 15.8 Å². The number of aromatic nitrogens is 1. The molecule has 0 saturated carbocycles. The minimum absolute atomic E-state index is 0.0487. The molecule has 0 bridgehead atoms. The molecule has 8 heteroatoms. The summed E-state index contributed by atoms with van der Waals surface area (Å²) in [7, 11) is -3.73.